The first-order chi connectivity index (χ1) is 12.6. The molecule has 1 rings (SSSR count). The Balaban J connectivity index is 2.12. The molecule has 0 aliphatic heterocycles. The number of ether oxygens (including phenoxy) is 1. The monoisotopic (exact) mass is 362 g/mol. The van der Waals surface area contributed by atoms with Crippen molar-refractivity contribution in [2.45, 2.75) is 84.0 Å². The summed E-state index contributed by atoms with van der Waals surface area (Å²) in [6.45, 7) is 2.24. The van der Waals surface area contributed by atoms with Crippen molar-refractivity contribution in [3.8, 4) is 0 Å². The Kier molecular flexibility index (Phi) is 11.4. The van der Waals surface area contributed by atoms with Gasteiger partial charge in [-0.25, -0.2) is 0 Å². The largest absolute Gasteiger partial charge is 0.504 e. The third-order valence-corrected chi connectivity index (χ3v) is 4.69. The van der Waals surface area contributed by atoms with Crippen molar-refractivity contribution in [3.63, 3.8) is 0 Å². The minimum Gasteiger partial charge on any atom is -0.504 e. The Morgan fingerprint density at radius 1 is 0.923 bits per heavy atom. The number of ketones is 2. The van der Waals surface area contributed by atoms with Crippen LogP contribution >= 0.6 is 0 Å². The molecule has 1 N–H and O–H groups in total. The second-order valence-electron chi connectivity index (χ2n) is 6.86. The highest BCUT2D eigenvalue weighted by atomic mass is 16.5. The average Bonchev–Trinajstić information content (AvgIpc) is 2.64. The Hall–Kier alpha value is -1.84. The zero-order chi connectivity index (χ0) is 19.2. The Morgan fingerprint density at radius 3 is 2.12 bits per heavy atom. The number of aliphatic hydroxyl groups excluding tert-OH is 1. The molecule has 0 aromatic rings. The molecule has 0 saturated heterocycles. The highest BCUT2D eigenvalue weighted by molar-refractivity contribution is 6.20. The van der Waals surface area contributed by atoms with Gasteiger partial charge in [0, 0.05) is 11.6 Å². The molecule has 0 aromatic carbocycles. The molecular weight excluding hydrogens is 328 g/mol. The van der Waals surface area contributed by atoms with Crippen molar-refractivity contribution < 1.29 is 19.4 Å². The number of Topliss-reactive ketones (excluding diaryl/α,β-unsaturated/α-hetero) is 1. The number of allylic oxidation sites excluding steroid dienone is 4. The lowest BCUT2D eigenvalue weighted by Gasteiger charge is -2.14. The van der Waals surface area contributed by atoms with Gasteiger partial charge < -0.3 is 9.84 Å². The van der Waals surface area contributed by atoms with E-state index in [1.807, 2.05) is 0 Å². The quantitative estimate of drug-likeness (QED) is 0.243. The average molecular weight is 363 g/mol. The van der Waals surface area contributed by atoms with Gasteiger partial charge in [-0.1, -0.05) is 57.6 Å². The number of unbranched alkanes of at least 4 members (excludes halogenated alkanes) is 9. The van der Waals surface area contributed by atoms with Crippen LogP contribution in [0, 0.1) is 0 Å². The van der Waals surface area contributed by atoms with Gasteiger partial charge in [-0.15, -0.1) is 0 Å². The van der Waals surface area contributed by atoms with Gasteiger partial charge in [0.25, 0.3) is 0 Å². The third-order valence-electron chi connectivity index (χ3n) is 4.69. The molecule has 0 amide bonds. The highest BCUT2D eigenvalue weighted by Gasteiger charge is 2.28. The predicted molar refractivity (Wildman–Crippen MR) is 105 cm³/mol. The van der Waals surface area contributed by atoms with Crippen LogP contribution in [0.2, 0.25) is 0 Å². The van der Waals surface area contributed by atoms with Crippen LogP contribution in [-0.4, -0.2) is 23.8 Å². The zero-order valence-electron chi connectivity index (χ0n) is 16.4. The van der Waals surface area contributed by atoms with E-state index >= 15 is 0 Å². The number of hydrogen-bond acceptors (Lipinski definition) is 4. The first-order valence-electron chi connectivity index (χ1n) is 10.0. The molecule has 1 aliphatic carbocycles. The summed E-state index contributed by atoms with van der Waals surface area (Å²) in [7, 11) is 1.36. The summed E-state index contributed by atoms with van der Waals surface area (Å²) in [6, 6.07) is 0. The second kappa shape index (κ2) is 13.4. The van der Waals surface area contributed by atoms with Crippen LogP contribution in [0.1, 0.15) is 84.0 Å². The van der Waals surface area contributed by atoms with Crippen molar-refractivity contribution in [3.05, 3.63) is 35.3 Å². The van der Waals surface area contributed by atoms with E-state index in [0.717, 1.165) is 38.2 Å². The molecule has 1 aliphatic rings. The first kappa shape index (κ1) is 22.2. The van der Waals surface area contributed by atoms with Crippen LogP contribution in [-0.2, 0) is 14.3 Å². The predicted octanol–water partition coefficient (Wildman–Crippen LogP) is 5.74. The zero-order valence-corrected chi connectivity index (χ0v) is 16.4. The Bertz CT molecular complexity index is 540. The third kappa shape index (κ3) is 8.03. The SMILES string of the molecule is CCCCCCCCC=CCCCCCC1=C(O)C(=O)C=C(OC)C1=O. The number of carbonyl (C=O) groups is 2. The Morgan fingerprint density at radius 2 is 1.50 bits per heavy atom. The molecular formula is C22H34O4. The molecule has 0 radical (unpaired) electrons. The van der Waals surface area contributed by atoms with E-state index in [1.54, 1.807) is 0 Å². The minimum absolute atomic E-state index is 0.0143. The van der Waals surface area contributed by atoms with Gasteiger partial charge in [0.1, 0.15) is 0 Å². The van der Waals surface area contributed by atoms with Crippen LogP contribution in [0.3, 0.4) is 0 Å². The van der Waals surface area contributed by atoms with Crippen molar-refractivity contribution >= 4 is 11.6 Å². The van der Waals surface area contributed by atoms with Crippen molar-refractivity contribution in [1.82, 2.24) is 0 Å². The van der Waals surface area contributed by atoms with Crippen molar-refractivity contribution in [2.24, 2.45) is 0 Å². The topological polar surface area (TPSA) is 63.6 Å². The first-order valence-corrected chi connectivity index (χ1v) is 10.0. The lowest BCUT2D eigenvalue weighted by molar-refractivity contribution is -0.119. The van der Waals surface area contributed by atoms with E-state index in [4.69, 9.17) is 4.74 Å². The molecule has 0 saturated carbocycles. The van der Waals surface area contributed by atoms with E-state index in [9.17, 15) is 14.7 Å². The summed E-state index contributed by atoms with van der Waals surface area (Å²) in [5, 5.41) is 9.81. The number of aliphatic hydroxyl groups is 1. The summed E-state index contributed by atoms with van der Waals surface area (Å²) >= 11 is 0. The van der Waals surface area contributed by atoms with E-state index in [0.29, 0.717) is 6.42 Å². The van der Waals surface area contributed by atoms with Crippen LogP contribution in [0.5, 0.6) is 0 Å². The number of hydrogen-bond donors (Lipinski definition) is 1. The fourth-order valence-electron chi connectivity index (χ4n) is 3.06. The van der Waals surface area contributed by atoms with Crippen molar-refractivity contribution in [2.75, 3.05) is 7.11 Å². The van der Waals surface area contributed by atoms with E-state index < -0.39 is 11.5 Å². The van der Waals surface area contributed by atoms with Crippen LogP contribution in [0.4, 0.5) is 0 Å². The maximum atomic E-state index is 12.1. The summed E-state index contributed by atoms with van der Waals surface area (Å²) in [6.07, 6.45) is 18.9. The number of carbonyl (C=O) groups excluding carboxylic acids is 2. The molecule has 0 fully saturated rings. The second-order valence-corrected chi connectivity index (χ2v) is 6.86. The van der Waals surface area contributed by atoms with Crippen LogP contribution in [0.15, 0.2) is 35.3 Å². The van der Waals surface area contributed by atoms with Gasteiger partial charge in [-0.05, 0) is 38.5 Å². The van der Waals surface area contributed by atoms with Gasteiger partial charge in [0.2, 0.25) is 11.6 Å². The van der Waals surface area contributed by atoms with Gasteiger partial charge in [-0.2, -0.15) is 0 Å². The lowest BCUT2D eigenvalue weighted by Crippen LogP contribution is -2.20. The fourth-order valence-corrected chi connectivity index (χ4v) is 3.06. The maximum Gasteiger partial charge on any atom is 0.227 e. The van der Waals surface area contributed by atoms with Crippen LogP contribution < -0.4 is 0 Å². The van der Waals surface area contributed by atoms with Crippen LogP contribution in [0.25, 0.3) is 0 Å². The summed E-state index contributed by atoms with van der Waals surface area (Å²) in [5.41, 5.74) is 0.188. The van der Waals surface area contributed by atoms with E-state index in [1.165, 1.54) is 45.6 Å². The molecule has 146 valence electrons. The number of rotatable bonds is 14. The van der Waals surface area contributed by atoms with Gasteiger partial charge >= 0.3 is 0 Å². The molecule has 0 heterocycles. The standard InChI is InChI=1S/C22H34O4/c1-3-4-5-6-7-8-9-10-11-12-13-14-15-16-18-21(24)19(23)17-20(26-2)22(18)25/h10-11,17,24H,3-9,12-16H2,1-2H3. The summed E-state index contributed by atoms with van der Waals surface area (Å²) in [5.74, 6) is -1.33. The Labute approximate surface area is 158 Å². The minimum atomic E-state index is -0.547. The molecule has 0 unspecified atom stereocenters. The molecule has 26 heavy (non-hydrogen) atoms. The molecule has 4 nitrogen and oxygen atoms in total. The summed E-state index contributed by atoms with van der Waals surface area (Å²) in [4.78, 5) is 23.7. The van der Waals surface area contributed by atoms with Crippen molar-refractivity contribution in [1.29, 1.82) is 0 Å². The smallest absolute Gasteiger partial charge is 0.227 e. The summed E-state index contributed by atoms with van der Waals surface area (Å²) < 4.78 is 4.91. The molecule has 4 heteroatoms. The van der Waals surface area contributed by atoms with Gasteiger partial charge in [0.15, 0.2) is 11.5 Å². The van der Waals surface area contributed by atoms with Gasteiger partial charge in [-0.3, -0.25) is 9.59 Å². The fraction of sp³-hybridized carbons (Fsp3) is 0.636. The van der Waals surface area contributed by atoms with E-state index in [2.05, 4.69) is 19.1 Å². The normalized spacial score (nSPS) is 15.1. The molecule has 0 bridgehead atoms. The molecule has 0 atom stereocenters. The molecule has 0 aromatic heterocycles. The van der Waals surface area contributed by atoms with Gasteiger partial charge in [0.05, 0.1) is 7.11 Å². The number of methoxy groups -OCH3 is 1. The maximum absolute atomic E-state index is 12.1. The lowest BCUT2D eigenvalue weighted by atomic mass is 9.95. The van der Waals surface area contributed by atoms with E-state index in [-0.39, 0.29) is 17.1 Å². The molecule has 0 spiro atoms. The highest BCUT2D eigenvalue weighted by Crippen LogP contribution is 2.23.